The molecule has 0 aromatic carbocycles. The lowest BCUT2D eigenvalue weighted by Gasteiger charge is -2.30. The van der Waals surface area contributed by atoms with Crippen LogP contribution < -0.4 is 11.5 Å². The summed E-state index contributed by atoms with van der Waals surface area (Å²) >= 11 is 0. The smallest absolute Gasteiger partial charge is 0.425 e. The summed E-state index contributed by atoms with van der Waals surface area (Å²) in [7, 11) is 0. The maximum Gasteiger partial charge on any atom is 0.425 e. The lowest BCUT2D eigenvalue weighted by molar-refractivity contribution is -0.373. The number of amides is 1. The average Bonchev–Trinajstić information content (AvgIpc) is 2.25. The molecule has 0 fully saturated rings. The van der Waals surface area contributed by atoms with Crippen molar-refractivity contribution in [3.8, 4) is 0 Å². The van der Waals surface area contributed by atoms with Gasteiger partial charge in [0.2, 0.25) is 5.60 Å². The summed E-state index contributed by atoms with van der Waals surface area (Å²) in [5.41, 5.74) is 7.19. The highest BCUT2D eigenvalue weighted by Gasteiger charge is 2.47. The van der Waals surface area contributed by atoms with E-state index in [4.69, 9.17) is 31.6 Å². The van der Waals surface area contributed by atoms with Crippen molar-refractivity contribution in [1.82, 2.24) is 5.23 Å². The number of carboxylic acid groups (broad SMARTS) is 3. The highest BCUT2D eigenvalue weighted by atomic mass is 17.0. The van der Waals surface area contributed by atoms with Gasteiger partial charge in [0.15, 0.2) is 0 Å². The maximum atomic E-state index is 11.2. The Balaban J connectivity index is 5.40. The van der Waals surface area contributed by atoms with Crippen molar-refractivity contribution in [3.05, 3.63) is 0 Å². The molecule has 0 aliphatic carbocycles. The molecular weight excluding hydrogens is 294 g/mol. The molecule has 0 spiro atoms. The van der Waals surface area contributed by atoms with Crippen LogP contribution in [0.1, 0.15) is 12.8 Å². The first-order valence-corrected chi connectivity index (χ1v) is 5.44. The van der Waals surface area contributed by atoms with Gasteiger partial charge in [-0.05, 0) is 5.23 Å². The van der Waals surface area contributed by atoms with Crippen molar-refractivity contribution in [2.75, 3.05) is 13.1 Å². The topological polar surface area (TPSA) is 203 Å². The predicted octanol–water partition coefficient (Wildman–Crippen LogP) is -2.04. The van der Waals surface area contributed by atoms with Gasteiger partial charge in [0.05, 0.1) is 19.4 Å². The molecule has 0 heterocycles. The molecule has 0 rings (SSSR count). The Kier molecular flexibility index (Phi) is 7.06. The van der Waals surface area contributed by atoms with Gasteiger partial charge in [0.25, 0.3) is 0 Å². The molecule has 120 valence electrons. The average molecular weight is 309 g/mol. The quantitative estimate of drug-likeness (QED) is 0.278. The van der Waals surface area contributed by atoms with Crippen molar-refractivity contribution in [1.29, 1.82) is 0 Å². The van der Waals surface area contributed by atoms with E-state index in [1.807, 2.05) is 0 Å². The SMILES string of the molecule is NCCN(OC(N)=O)OC(CC(=O)O)(CC(=O)O)C(=O)O. The van der Waals surface area contributed by atoms with Crippen LogP contribution in [0, 0.1) is 0 Å². The number of rotatable bonds is 10. The molecule has 7 N–H and O–H groups in total. The zero-order valence-corrected chi connectivity index (χ0v) is 10.7. The number of carbonyl (C=O) groups excluding carboxylic acids is 1. The molecule has 0 aliphatic rings. The molecule has 0 radical (unpaired) electrons. The molecule has 0 aromatic heterocycles. The van der Waals surface area contributed by atoms with Crippen molar-refractivity contribution in [3.63, 3.8) is 0 Å². The van der Waals surface area contributed by atoms with Crippen molar-refractivity contribution in [2.24, 2.45) is 11.5 Å². The van der Waals surface area contributed by atoms with Gasteiger partial charge in [-0.3, -0.25) is 9.59 Å². The van der Waals surface area contributed by atoms with Gasteiger partial charge in [-0.1, -0.05) is 0 Å². The van der Waals surface area contributed by atoms with Crippen LogP contribution in [0.2, 0.25) is 0 Å². The number of nitrogens with zero attached hydrogens (tertiary/aromatic N) is 1. The third-order valence-corrected chi connectivity index (χ3v) is 2.04. The summed E-state index contributed by atoms with van der Waals surface area (Å²) < 4.78 is 0. The van der Waals surface area contributed by atoms with Crippen LogP contribution in [0.25, 0.3) is 0 Å². The fraction of sp³-hybridized carbons (Fsp3) is 0.556. The fourth-order valence-electron chi connectivity index (χ4n) is 1.32. The van der Waals surface area contributed by atoms with Crippen molar-refractivity contribution >= 4 is 24.0 Å². The maximum absolute atomic E-state index is 11.2. The third-order valence-electron chi connectivity index (χ3n) is 2.04. The highest BCUT2D eigenvalue weighted by Crippen LogP contribution is 2.24. The number of hydrogen-bond donors (Lipinski definition) is 5. The standard InChI is InChI=1S/C9H15N3O9/c10-1-2-12(20-8(11)19)21-9(7(17)18,3-5(13)14)4-6(15)16/h1-4,10H2,(H2,11,19)(H,13,14)(H,15,16)(H,17,18). The van der Waals surface area contributed by atoms with Crippen LogP contribution in [-0.4, -0.2) is 63.2 Å². The molecule has 0 aromatic rings. The van der Waals surface area contributed by atoms with E-state index in [-0.39, 0.29) is 18.3 Å². The van der Waals surface area contributed by atoms with E-state index in [9.17, 15) is 19.2 Å². The second-order valence-corrected chi connectivity index (χ2v) is 3.79. The summed E-state index contributed by atoms with van der Waals surface area (Å²) in [5.74, 6) is -5.14. The van der Waals surface area contributed by atoms with E-state index in [0.29, 0.717) is 0 Å². The van der Waals surface area contributed by atoms with E-state index >= 15 is 0 Å². The molecule has 0 bridgehead atoms. The van der Waals surface area contributed by atoms with Crippen LogP contribution in [-0.2, 0) is 24.1 Å². The van der Waals surface area contributed by atoms with Crippen LogP contribution in [0.4, 0.5) is 4.79 Å². The van der Waals surface area contributed by atoms with Crippen LogP contribution in [0.5, 0.6) is 0 Å². The normalized spacial score (nSPS) is 11.1. The third kappa shape index (κ3) is 6.51. The van der Waals surface area contributed by atoms with E-state index in [1.54, 1.807) is 0 Å². The summed E-state index contributed by atoms with van der Waals surface area (Å²) in [4.78, 5) is 52.4. The van der Waals surface area contributed by atoms with Gasteiger partial charge >= 0.3 is 24.0 Å². The molecule has 12 nitrogen and oxygen atoms in total. The lowest BCUT2D eigenvalue weighted by atomic mass is 9.96. The molecule has 12 heteroatoms. The zero-order valence-electron chi connectivity index (χ0n) is 10.7. The molecule has 0 unspecified atom stereocenters. The van der Waals surface area contributed by atoms with E-state index in [1.165, 1.54) is 0 Å². The molecule has 0 atom stereocenters. The Bertz CT molecular complexity index is 409. The number of hydrogen-bond acceptors (Lipinski definition) is 8. The molecule has 0 aliphatic heterocycles. The van der Waals surface area contributed by atoms with E-state index in [0.717, 1.165) is 0 Å². The number of carbonyl (C=O) groups is 4. The Morgan fingerprint density at radius 1 is 1.05 bits per heavy atom. The van der Waals surface area contributed by atoms with Gasteiger partial charge < -0.3 is 31.6 Å². The Hall–Kier alpha value is -2.44. The summed E-state index contributed by atoms with van der Waals surface area (Å²) in [6.07, 6.45) is -3.77. The highest BCUT2D eigenvalue weighted by molar-refractivity contribution is 5.88. The van der Waals surface area contributed by atoms with Crippen LogP contribution in [0.15, 0.2) is 0 Å². The summed E-state index contributed by atoms with van der Waals surface area (Å²) in [6, 6.07) is 0. The second-order valence-electron chi connectivity index (χ2n) is 3.79. The molecule has 1 amide bonds. The zero-order chi connectivity index (χ0) is 16.6. The minimum atomic E-state index is -2.69. The molecule has 0 saturated carbocycles. The first-order valence-electron chi connectivity index (χ1n) is 5.44. The summed E-state index contributed by atoms with van der Waals surface area (Å²) in [5, 5.41) is 26.8. The van der Waals surface area contributed by atoms with Crippen molar-refractivity contribution in [2.45, 2.75) is 18.4 Å². The first kappa shape index (κ1) is 18.6. The molecule has 21 heavy (non-hydrogen) atoms. The number of nitrogens with two attached hydrogens (primary N) is 2. The first-order chi connectivity index (χ1) is 9.62. The van der Waals surface area contributed by atoms with Gasteiger partial charge in [0.1, 0.15) is 0 Å². The molecule has 0 saturated heterocycles. The monoisotopic (exact) mass is 309 g/mol. The second kappa shape index (κ2) is 7.98. The van der Waals surface area contributed by atoms with E-state index < -0.39 is 42.4 Å². The lowest BCUT2D eigenvalue weighted by Crippen LogP contribution is -2.51. The number of primary amides is 1. The largest absolute Gasteiger partial charge is 0.481 e. The van der Waals surface area contributed by atoms with Gasteiger partial charge in [-0.25, -0.2) is 14.4 Å². The van der Waals surface area contributed by atoms with Gasteiger partial charge in [0, 0.05) is 6.54 Å². The minimum Gasteiger partial charge on any atom is -0.481 e. The Morgan fingerprint density at radius 2 is 1.52 bits per heavy atom. The van der Waals surface area contributed by atoms with Crippen LogP contribution in [0.3, 0.4) is 0 Å². The number of hydroxylamine groups is 2. The number of carboxylic acids is 3. The van der Waals surface area contributed by atoms with Gasteiger partial charge in [-0.15, -0.1) is 0 Å². The van der Waals surface area contributed by atoms with E-state index in [2.05, 4.69) is 4.84 Å². The summed E-state index contributed by atoms with van der Waals surface area (Å²) in [6.45, 7) is -0.541. The molecular formula is C9H15N3O9. The minimum absolute atomic E-state index is 0.177. The van der Waals surface area contributed by atoms with Crippen LogP contribution >= 0.6 is 0 Å². The van der Waals surface area contributed by atoms with Crippen molar-refractivity contribution < 1.29 is 44.2 Å². The Morgan fingerprint density at radius 3 is 1.81 bits per heavy atom. The predicted molar refractivity (Wildman–Crippen MR) is 62.4 cm³/mol. The fourth-order valence-corrected chi connectivity index (χ4v) is 1.32. The number of aliphatic carboxylic acids is 3. The Labute approximate surface area is 117 Å². The van der Waals surface area contributed by atoms with Gasteiger partial charge in [-0.2, -0.15) is 0 Å².